The molecule has 0 saturated carbocycles. The Balaban J connectivity index is 1.59. The molecule has 0 bridgehead atoms. The number of ether oxygens (including phenoxy) is 1. The van der Waals surface area contributed by atoms with Crippen LogP contribution in [0.3, 0.4) is 0 Å². The molecule has 1 aromatic carbocycles. The van der Waals surface area contributed by atoms with Gasteiger partial charge in [0.1, 0.15) is 0 Å². The summed E-state index contributed by atoms with van der Waals surface area (Å²) in [4.78, 5) is 27.5. The minimum Gasteiger partial charge on any atom is -0.381 e. The fourth-order valence-electron chi connectivity index (χ4n) is 4.47. The number of benzene rings is 1. The minimum atomic E-state index is -0.500. The highest BCUT2D eigenvalue weighted by atomic mass is 16.5. The molecular weight excluding hydrogens is 316 g/mol. The van der Waals surface area contributed by atoms with E-state index >= 15 is 0 Å². The van der Waals surface area contributed by atoms with E-state index in [1.54, 1.807) is 7.05 Å². The second-order valence-electron chi connectivity index (χ2n) is 7.30. The summed E-state index contributed by atoms with van der Waals surface area (Å²) in [5, 5.41) is 2.80. The number of carbonyl (C=O) groups is 2. The number of hydrogen-bond donors (Lipinski definition) is 1. The number of hydrogen-bond acceptors (Lipinski definition) is 3. The van der Waals surface area contributed by atoms with Gasteiger partial charge in [0.15, 0.2) is 0 Å². The molecule has 2 atom stereocenters. The Morgan fingerprint density at radius 1 is 1.36 bits per heavy atom. The molecule has 4 rings (SSSR count). The molecule has 0 spiro atoms. The van der Waals surface area contributed by atoms with Crippen molar-refractivity contribution < 1.29 is 14.3 Å². The number of aryl methyl sites for hydroxylation is 1. The molecule has 0 aromatic heterocycles. The standard InChI is InChI=1S/C20H24N2O3/c1-21-19(24)20-8-9-25-12-17(20)11-22(13-20)18(23)16-7-6-14-4-2-3-5-15(14)10-16/h2,4,6-7,10,17H,3,5,8-9,11-13H2,1H3,(H,21,24)/t17-,20+/m1/s1. The van der Waals surface area contributed by atoms with Crippen molar-refractivity contribution >= 4 is 17.9 Å². The zero-order valence-electron chi connectivity index (χ0n) is 14.6. The van der Waals surface area contributed by atoms with Crippen LogP contribution < -0.4 is 5.32 Å². The van der Waals surface area contributed by atoms with Crippen LogP contribution in [-0.4, -0.2) is 50.1 Å². The third-order valence-corrected chi connectivity index (χ3v) is 5.94. The maximum atomic E-state index is 13.1. The average molecular weight is 340 g/mol. The molecule has 132 valence electrons. The number of likely N-dealkylation sites (tertiary alicyclic amines) is 1. The van der Waals surface area contributed by atoms with Crippen molar-refractivity contribution in [3.05, 3.63) is 41.0 Å². The molecule has 2 heterocycles. The van der Waals surface area contributed by atoms with Gasteiger partial charge in [-0.25, -0.2) is 0 Å². The Labute approximate surface area is 148 Å². The average Bonchev–Trinajstić information content (AvgIpc) is 3.07. The third-order valence-electron chi connectivity index (χ3n) is 5.94. The van der Waals surface area contributed by atoms with Crippen molar-refractivity contribution in [2.45, 2.75) is 19.3 Å². The van der Waals surface area contributed by atoms with Gasteiger partial charge >= 0.3 is 0 Å². The summed E-state index contributed by atoms with van der Waals surface area (Å²) in [5.74, 6) is 0.132. The second-order valence-corrected chi connectivity index (χ2v) is 7.30. The lowest BCUT2D eigenvalue weighted by Crippen LogP contribution is -2.49. The number of amides is 2. The Kier molecular flexibility index (Phi) is 4.12. The van der Waals surface area contributed by atoms with Gasteiger partial charge in [-0.15, -0.1) is 0 Å². The van der Waals surface area contributed by atoms with E-state index < -0.39 is 5.41 Å². The van der Waals surface area contributed by atoms with Crippen LogP contribution >= 0.6 is 0 Å². The van der Waals surface area contributed by atoms with Gasteiger partial charge in [-0.2, -0.15) is 0 Å². The monoisotopic (exact) mass is 340 g/mol. The SMILES string of the molecule is CNC(=O)[C@]12CCOC[C@H]1CN(C(=O)c1ccc3c(c1)CCC=C3)C2. The molecule has 1 aromatic rings. The van der Waals surface area contributed by atoms with Crippen molar-refractivity contribution in [1.29, 1.82) is 0 Å². The predicted octanol–water partition coefficient (Wildman–Crippen LogP) is 1.87. The van der Waals surface area contributed by atoms with E-state index in [-0.39, 0.29) is 17.7 Å². The molecular formula is C20H24N2O3. The summed E-state index contributed by atoms with van der Waals surface area (Å²) < 4.78 is 5.59. The Bertz CT molecular complexity index is 742. The normalized spacial score (nSPS) is 27.6. The number of rotatable bonds is 2. The molecule has 1 N–H and O–H groups in total. The molecule has 1 aliphatic carbocycles. The van der Waals surface area contributed by atoms with Gasteiger partial charge < -0.3 is 15.0 Å². The van der Waals surface area contributed by atoms with E-state index in [1.807, 2.05) is 23.1 Å². The summed E-state index contributed by atoms with van der Waals surface area (Å²) in [6.07, 6.45) is 6.97. The van der Waals surface area contributed by atoms with E-state index in [0.717, 1.165) is 18.4 Å². The molecule has 3 aliphatic rings. The van der Waals surface area contributed by atoms with Crippen molar-refractivity contribution in [3.8, 4) is 0 Å². The molecule has 0 unspecified atom stereocenters. The maximum absolute atomic E-state index is 13.1. The molecule has 2 fully saturated rings. The number of nitrogens with zero attached hydrogens (tertiary/aromatic N) is 1. The third kappa shape index (κ3) is 2.67. The molecule has 5 nitrogen and oxygen atoms in total. The highest BCUT2D eigenvalue weighted by Gasteiger charge is 2.54. The first-order valence-electron chi connectivity index (χ1n) is 9.03. The van der Waals surface area contributed by atoms with Crippen LogP contribution in [0.4, 0.5) is 0 Å². The van der Waals surface area contributed by atoms with Crippen LogP contribution in [0.5, 0.6) is 0 Å². The van der Waals surface area contributed by atoms with Crippen LogP contribution in [0.25, 0.3) is 6.08 Å². The summed E-state index contributed by atoms with van der Waals surface area (Å²) in [7, 11) is 1.67. The quantitative estimate of drug-likeness (QED) is 0.894. The van der Waals surface area contributed by atoms with E-state index in [9.17, 15) is 9.59 Å². The van der Waals surface area contributed by atoms with Gasteiger partial charge in [0, 0.05) is 38.2 Å². The van der Waals surface area contributed by atoms with Crippen LogP contribution in [0.15, 0.2) is 24.3 Å². The van der Waals surface area contributed by atoms with Crippen molar-refractivity contribution in [3.63, 3.8) is 0 Å². The summed E-state index contributed by atoms with van der Waals surface area (Å²) in [5.41, 5.74) is 2.66. The van der Waals surface area contributed by atoms with Crippen molar-refractivity contribution in [2.75, 3.05) is 33.4 Å². The number of allylic oxidation sites excluding steroid dienone is 1. The fourth-order valence-corrected chi connectivity index (χ4v) is 4.47. The van der Waals surface area contributed by atoms with Gasteiger partial charge in [0.25, 0.3) is 5.91 Å². The Morgan fingerprint density at radius 2 is 2.24 bits per heavy atom. The Hall–Kier alpha value is -2.14. The molecule has 5 heteroatoms. The highest BCUT2D eigenvalue weighted by molar-refractivity contribution is 5.96. The van der Waals surface area contributed by atoms with Crippen molar-refractivity contribution in [1.82, 2.24) is 10.2 Å². The summed E-state index contributed by atoms with van der Waals surface area (Å²) in [6.45, 7) is 2.20. The first kappa shape index (κ1) is 16.3. The number of carbonyl (C=O) groups excluding carboxylic acids is 2. The van der Waals surface area contributed by atoms with Crippen LogP contribution in [-0.2, 0) is 16.0 Å². The molecule has 2 aliphatic heterocycles. The fraction of sp³-hybridized carbons (Fsp3) is 0.500. The number of fused-ring (bicyclic) bond motifs is 2. The maximum Gasteiger partial charge on any atom is 0.253 e. The first-order chi connectivity index (χ1) is 12.1. The van der Waals surface area contributed by atoms with Gasteiger partial charge in [-0.3, -0.25) is 9.59 Å². The predicted molar refractivity (Wildman–Crippen MR) is 95.1 cm³/mol. The smallest absolute Gasteiger partial charge is 0.253 e. The minimum absolute atomic E-state index is 0.0232. The van der Waals surface area contributed by atoms with Gasteiger partial charge in [-0.1, -0.05) is 18.2 Å². The molecule has 25 heavy (non-hydrogen) atoms. The van der Waals surface area contributed by atoms with E-state index in [2.05, 4.69) is 17.5 Å². The summed E-state index contributed by atoms with van der Waals surface area (Å²) in [6, 6.07) is 5.95. The first-order valence-corrected chi connectivity index (χ1v) is 9.03. The lowest BCUT2D eigenvalue weighted by Gasteiger charge is -2.36. The molecule has 2 amide bonds. The van der Waals surface area contributed by atoms with Crippen LogP contribution in [0, 0.1) is 11.3 Å². The van der Waals surface area contributed by atoms with Crippen LogP contribution in [0.1, 0.15) is 34.3 Å². The zero-order chi connectivity index (χ0) is 17.4. The lowest BCUT2D eigenvalue weighted by atomic mass is 9.73. The van der Waals surface area contributed by atoms with E-state index in [4.69, 9.17) is 4.74 Å². The Morgan fingerprint density at radius 3 is 3.08 bits per heavy atom. The lowest BCUT2D eigenvalue weighted by molar-refractivity contribution is -0.138. The van der Waals surface area contributed by atoms with E-state index in [1.165, 1.54) is 11.1 Å². The van der Waals surface area contributed by atoms with Gasteiger partial charge in [-0.05, 0) is 42.5 Å². The second kappa shape index (κ2) is 6.30. The number of nitrogens with one attached hydrogen (secondary N) is 1. The zero-order valence-corrected chi connectivity index (χ0v) is 14.6. The topological polar surface area (TPSA) is 58.6 Å². The molecule has 2 saturated heterocycles. The molecule has 0 radical (unpaired) electrons. The van der Waals surface area contributed by atoms with Gasteiger partial charge in [0.2, 0.25) is 5.91 Å². The van der Waals surface area contributed by atoms with Crippen molar-refractivity contribution in [2.24, 2.45) is 11.3 Å². The highest BCUT2D eigenvalue weighted by Crippen LogP contribution is 2.42. The largest absolute Gasteiger partial charge is 0.381 e. The summed E-state index contributed by atoms with van der Waals surface area (Å²) >= 11 is 0. The van der Waals surface area contributed by atoms with Crippen LogP contribution in [0.2, 0.25) is 0 Å². The van der Waals surface area contributed by atoms with E-state index in [0.29, 0.717) is 32.7 Å². The van der Waals surface area contributed by atoms with Gasteiger partial charge in [0.05, 0.1) is 12.0 Å².